The third-order valence-corrected chi connectivity index (χ3v) is 5.10. The fourth-order valence-electron chi connectivity index (χ4n) is 3.87. The number of carbonyl (C=O) groups is 1. The topological polar surface area (TPSA) is 67.3 Å². The van der Waals surface area contributed by atoms with Gasteiger partial charge in [-0.15, -0.1) is 0 Å². The zero-order chi connectivity index (χ0) is 17.8. The third-order valence-electron chi connectivity index (χ3n) is 5.10. The van der Waals surface area contributed by atoms with Gasteiger partial charge in [0.2, 0.25) is 5.91 Å². The number of anilines is 1. The maximum Gasteiger partial charge on any atom is 0.241 e. The first-order chi connectivity index (χ1) is 12.1. The van der Waals surface area contributed by atoms with Crippen LogP contribution < -0.4 is 4.90 Å². The van der Waals surface area contributed by atoms with Crippen LogP contribution in [0.25, 0.3) is 0 Å². The smallest absolute Gasteiger partial charge is 0.241 e. The molecule has 0 aromatic heterocycles. The van der Waals surface area contributed by atoms with Crippen molar-refractivity contribution < 1.29 is 15.0 Å². The van der Waals surface area contributed by atoms with Crippen LogP contribution in [0.1, 0.15) is 17.5 Å². The van der Waals surface area contributed by atoms with Crippen LogP contribution in [0.2, 0.25) is 0 Å². The predicted octanol–water partition coefficient (Wildman–Crippen LogP) is 0.245. The molecule has 2 aliphatic rings. The molecule has 0 aliphatic carbocycles. The molecule has 3 rings (SSSR count). The van der Waals surface area contributed by atoms with Crippen LogP contribution >= 0.6 is 0 Å². The normalized spacial score (nSPS) is 22.5. The summed E-state index contributed by atoms with van der Waals surface area (Å²) in [5.74, 6) is 0.104. The van der Waals surface area contributed by atoms with E-state index in [-0.39, 0.29) is 12.5 Å². The Morgan fingerprint density at radius 3 is 2.76 bits per heavy atom. The Bertz CT molecular complexity index is 608. The molecule has 1 aromatic carbocycles. The third kappa shape index (κ3) is 4.58. The van der Waals surface area contributed by atoms with Crippen molar-refractivity contribution in [1.29, 1.82) is 0 Å². The van der Waals surface area contributed by atoms with Crippen molar-refractivity contribution in [2.24, 2.45) is 0 Å². The van der Waals surface area contributed by atoms with Gasteiger partial charge in [-0.25, -0.2) is 0 Å². The van der Waals surface area contributed by atoms with Crippen molar-refractivity contribution >= 4 is 11.6 Å². The van der Waals surface area contributed by atoms with Crippen molar-refractivity contribution in [1.82, 2.24) is 9.80 Å². The molecule has 1 fully saturated rings. The largest absolute Gasteiger partial charge is 0.395 e. The number of β-amino-alcohol motifs (C(OH)–C–C–N with tert-alkyl or cyclic N) is 2. The Balaban J connectivity index is 1.65. The van der Waals surface area contributed by atoms with Crippen LogP contribution in [0, 0.1) is 6.92 Å². The number of aliphatic hydroxyl groups excluding tert-OH is 2. The van der Waals surface area contributed by atoms with Gasteiger partial charge in [-0.1, -0.05) is 17.7 Å². The lowest BCUT2D eigenvalue weighted by Crippen LogP contribution is -2.45. The Kier molecular flexibility index (Phi) is 6.06. The lowest BCUT2D eigenvalue weighted by Gasteiger charge is -2.32. The molecule has 6 nitrogen and oxygen atoms in total. The van der Waals surface area contributed by atoms with Crippen LogP contribution in [0.3, 0.4) is 0 Å². The summed E-state index contributed by atoms with van der Waals surface area (Å²) in [5.41, 5.74) is 3.52. The van der Waals surface area contributed by atoms with E-state index >= 15 is 0 Å². The quantitative estimate of drug-likeness (QED) is 0.817. The second kappa shape index (κ2) is 8.27. The number of aryl methyl sites for hydroxylation is 2. The molecule has 0 bridgehead atoms. The summed E-state index contributed by atoms with van der Waals surface area (Å²) in [6.45, 7) is 6.39. The summed E-state index contributed by atoms with van der Waals surface area (Å²) in [6, 6.07) is 6.30. The molecule has 1 aromatic rings. The molecule has 25 heavy (non-hydrogen) atoms. The number of fused-ring (bicyclic) bond motifs is 1. The van der Waals surface area contributed by atoms with Gasteiger partial charge in [0, 0.05) is 45.0 Å². The second-order valence-corrected chi connectivity index (χ2v) is 7.19. The number of rotatable bonds is 4. The second-order valence-electron chi connectivity index (χ2n) is 7.19. The number of nitrogens with zero attached hydrogens (tertiary/aromatic N) is 3. The van der Waals surface area contributed by atoms with E-state index in [2.05, 4.69) is 25.1 Å². The first-order valence-corrected chi connectivity index (χ1v) is 9.20. The van der Waals surface area contributed by atoms with Crippen LogP contribution in [-0.4, -0.2) is 84.4 Å². The highest BCUT2D eigenvalue weighted by atomic mass is 16.3. The van der Waals surface area contributed by atoms with E-state index in [9.17, 15) is 9.90 Å². The Morgan fingerprint density at radius 1 is 1.20 bits per heavy atom. The minimum atomic E-state index is -0.488. The van der Waals surface area contributed by atoms with Gasteiger partial charge in [0.1, 0.15) is 0 Å². The molecule has 6 heteroatoms. The number of aliphatic hydroxyl groups is 2. The van der Waals surface area contributed by atoms with E-state index in [0.717, 1.165) is 38.2 Å². The van der Waals surface area contributed by atoms with Crippen LogP contribution in [0.15, 0.2) is 18.2 Å². The minimum absolute atomic E-state index is 0.0929. The van der Waals surface area contributed by atoms with E-state index in [0.29, 0.717) is 26.2 Å². The van der Waals surface area contributed by atoms with Gasteiger partial charge in [-0.3, -0.25) is 14.6 Å². The highest BCUT2D eigenvalue weighted by Crippen LogP contribution is 2.28. The number of carbonyl (C=O) groups excluding carboxylic acids is 1. The molecular weight excluding hydrogens is 318 g/mol. The van der Waals surface area contributed by atoms with Gasteiger partial charge in [0.05, 0.1) is 19.3 Å². The molecule has 2 heterocycles. The Morgan fingerprint density at radius 2 is 1.96 bits per heavy atom. The van der Waals surface area contributed by atoms with E-state index in [1.54, 1.807) is 0 Å². The van der Waals surface area contributed by atoms with Gasteiger partial charge >= 0.3 is 0 Å². The molecule has 0 saturated carbocycles. The molecule has 138 valence electrons. The maximum absolute atomic E-state index is 12.9. The summed E-state index contributed by atoms with van der Waals surface area (Å²) in [4.78, 5) is 18.9. The van der Waals surface area contributed by atoms with Gasteiger partial charge in [-0.05, 0) is 31.4 Å². The van der Waals surface area contributed by atoms with Gasteiger partial charge < -0.3 is 15.1 Å². The molecule has 0 radical (unpaired) electrons. The summed E-state index contributed by atoms with van der Waals surface area (Å²) in [6.07, 6.45) is 1.53. The monoisotopic (exact) mass is 347 g/mol. The number of benzene rings is 1. The van der Waals surface area contributed by atoms with Crippen molar-refractivity contribution in [3.8, 4) is 0 Å². The van der Waals surface area contributed by atoms with Crippen LogP contribution in [0.5, 0.6) is 0 Å². The van der Waals surface area contributed by atoms with Gasteiger partial charge in [-0.2, -0.15) is 0 Å². The van der Waals surface area contributed by atoms with E-state index in [1.807, 2.05) is 14.7 Å². The number of hydrogen-bond donors (Lipinski definition) is 2. The average Bonchev–Trinajstić information content (AvgIpc) is 2.75. The van der Waals surface area contributed by atoms with Gasteiger partial charge in [0.25, 0.3) is 0 Å². The Hall–Kier alpha value is -1.47. The van der Waals surface area contributed by atoms with E-state index < -0.39 is 6.10 Å². The standard InChI is InChI=1S/C19H29N3O3/c1-15-4-5-18-16(11-15)3-2-6-22(18)19(25)14-21-8-7-20(9-10-23)12-17(24)13-21/h4-5,11,17,23-24H,2-3,6-10,12-14H2,1H3. The molecule has 1 amide bonds. The summed E-state index contributed by atoms with van der Waals surface area (Å²) >= 11 is 0. The highest BCUT2D eigenvalue weighted by molar-refractivity contribution is 5.96. The summed E-state index contributed by atoms with van der Waals surface area (Å²) in [7, 11) is 0. The zero-order valence-electron chi connectivity index (χ0n) is 15.0. The SMILES string of the molecule is Cc1ccc2c(c1)CCCN2C(=O)CN1CCN(CCO)CC(O)C1. The summed E-state index contributed by atoms with van der Waals surface area (Å²) in [5, 5.41) is 19.3. The van der Waals surface area contributed by atoms with Crippen LogP contribution in [0.4, 0.5) is 5.69 Å². The number of hydrogen-bond acceptors (Lipinski definition) is 5. The first-order valence-electron chi connectivity index (χ1n) is 9.20. The van der Waals surface area contributed by atoms with Crippen LogP contribution in [-0.2, 0) is 11.2 Å². The first kappa shape index (κ1) is 18.3. The van der Waals surface area contributed by atoms with Gasteiger partial charge in [0.15, 0.2) is 0 Å². The van der Waals surface area contributed by atoms with Crippen molar-refractivity contribution in [3.63, 3.8) is 0 Å². The summed E-state index contributed by atoms with van der Waals surface area (Å²) < 4.78 is 0. The molecule has 2 N–H and O–H groups in total. The highest BCUT2D eigenvalue weighted by Gasteiger charge is 2.27. The lowest BCUT2D eigenvalue weighted by atomic mass is 9.99. The minimum Gasteiger partial charge on any atom is -0.395 e. The molecule has 1 unspecified atom stereocenters. The molecule has 0 spiro atoms. The molecule has 2 aliphatic heterocycles. The maximum atomic E-state index is 12.9. The Labute approximate surface area is 149 Å². The molecular formula is C19H29N3O3. The fourth-order valence-corrected chi connectivity index (χ4v) is 3.87. The fraction of sp³-hybridized carbons (Fsp3) is 0.632. The predicted molar refractivity (Wildman–Crippen MR) is 97.8 cm³/mol. The lowest BCUT2D eigenvalue weighted by molar-refractivity contribution is -0.120. The molecule has 1 saturated heterocycles. The van der Waals surface area contributed by atoms with Crippen molar-refractivity contribution in [2.45, 2.75) is 25.9 Å². The number of amides is 1. The average molecular weight is 347 g/mol. The van der Waals surface area contributed by atoms with Crippen molar-refractivity contribution in [2.75, 3.05) is 57.3 Å². The van der Waals surface area contributed by atoms with Crippen molar-refractivity contribution in [3.05, 3.63) is 29.3 Å². The van der Waals surface area contributed by atoms with E-state index in [4.69, 9.17) is 5.11 Å². The molecule has 1 atom stereocenters. The van der Waals surface area contributed by atoms with E-state index in [1.165, 1.54) is 11.1 Å². The zero-order valence-corrected chi connectivity index (χ0v) is 15.0.